The van der Waals surface area contributed by atoms with E-state index < -0.39 is 12.7 Å². The van der Waals surface area contributed by atoms with Crippen LogP contribution in [0.1, 0.15) is 24.5 Å². The number of nitrogens with one attached hydrogen (secondary N) is 2. The summed E-state index contributed by atoms with van der Waals surface area (Å²) < 4.78 is 56.2. The largest absolute Gasteiger partial charge is 0.401 e. The molecule has 1 heterocycles. The summed E-state index contributed by atoms with van der Waals surface area (Å²) >= 11 is 0. The van der Waals surface area contributed by atoms with Gasteiger partial charge in [0.1, 0.15) is 5.82 Å². The van der Waals surface area contributed by atoms with E-state index in [1.165, 1.54) is 18.1 Å². The molecule has 0 amide bonds. The summed E-state index contributed by atoms with van der Waals surface area (Å²) in [6.45, 7) is 2.87. The average Bonchev–Trinajstić information content (AvgIpc) is 3.00. The van der Waals surface area contributed by atoms with Crippen LogP contribution in [0, 0.1) is 5.82 Å². The van der Waals surface area contributed by atoms with E-state index in [2.05, 4.69) is 15.6 Å². The average molecular weight is 518 g/mol. The summed E-state index contributed by atoms with van der Waals surface area (Å²) in [6.07, 6.45) is -3.56. The van der Waals surface area contributed by atoms with Crippen LogP contribution in [-0.4, -0.2) is 56.4 Å². The monoisotopic (exact) mass is 518 g/mol. The molecule has 1 aromatic carbocycles. The van der Waals surface area contributed by atoms with Crippen LogP contribution < -0.4 is 10.6 Å². The maximum Gasteiger partial charge on any atom is 0.401 e. The van der Waals surface area contributed by atoms with Crippen molar-refractivity contribution in [1.82, 2.24) is 15.5 Å². The Morgan fingerprint density at radius 1 is 1.36 bits per heavy atom. The Labute approximate surface area is 179 Å². The van der Waals surface area contributed by atoms with Crippen LogP contribution in [0.5, 0.6) is 0 Å². The lowest BCUT2D eigenvalue weighted by Gasteiger charge is -2.19. The zero-order chi connectivity index (χ0) is 19.9. The molecular formula is C18H27F4IN4O. The minimum Gasteiger partial charge on any atom is -0.380 e. The first-order valence-electron chi connectivity index (χ1n) is 8.91. The van der Waals surface area contributed by atoms with Crippen molar-refractivity contribution in [3.8, 4) is 0 Å². The zero-order valence-corrected chi connectivity index (χ0v) is 18.3. The highest BCUT2D eigenvalue weighted by Crippen LogP contribution is 2.20. The SMILES string of the molecule is CCNC(=NCc1ccc(F)c(COC)c1)NC1CCN(CC(F)(F)F)C1.I. The Morgan fingerprint density at radius 2 is 2.11 bits per heavy atom. The highest BCUT2D eigenvalue weighted by molar-refractivity contribution is 14.0. The lowest BCUT2D eigenvalue weighted by Crippen LogP contribution is -2.45. The van der Waals surface area contributed by atoms with Crippen molar-refractivity contribution in [1.29, 1.82) is 0 Å². The fraction of sp³-hybridized carbons (Fsp3) is 0.611. The molecule has 5 nitrogen and oxygen atoms in total. The number of ether oxygens (including phenoxy) is 1. The molecule has 1 aromatic rings. The molecule has 10 heteroatoms. The van der Waals surface area contributed by atoms with Crippen LogP contribution in [0.15, 0.2) is 23.2 Å². The van der Waals surface area contributed by atoms with Gasteiger partial charge in [0.2, 0.25) is 0 Å². The van der Waals surface area contributed by atoms with E-state index in [9.17, 15) is 17.6 Å². The molecule has 28 heavy (non-hydrogen) atoms. The van der Waals surface area contributed by atoms with E-state index in [4.69, 9.17) is 4.74 Å². The number of halogens is 5. The number of likely N-dealkylation sites (tertiary alicyclic amines) is 1. The Morgan fingerprint density at radius 3 is 2.75 bits per heavy atom. The highest BCUT2D eigenvalue weighted by atomic mass is 127. The number of hydrogen-bond donors (Lipinski definition) is 2. The first-order chi connectivity index (χ1) is 12.8. The molecule has 1 aliphatic rings. The summed E-state index contributed by atoms with van der Waals surface area (Å²) in [7, 11) is 1.50. The second kappa shape index (κ2) is 11.8. The van der Waals surface area contributed by atoms with Gasteiger partial charge in [-0.1, -0.05) is 6.07 Å². The molecule has 0 spiro atoms. The van der Waals surface area contributed by atoms with E-state index in [1.807, 2.05) is 6.92 Å². The van der Waals surface area contributed by atoms with Crippen molar-refractivity contribution in [2.45, 2.75) is 38.7 Å². The van der Waals surface area contributed by atoms with E-state index in [-0.39, 0.29) is 42.4 Å². The molecule has 160 valence electrons. The van der Waals surface area contributed by atoms with Crippen LogP contribution >= 0.6 is 24.0 Å². The molecule has 0 aliphatic carbocycles. The van der Waals surface area contributed by atoms with Gasteiger partial charge in [-0.2, -0.15) is 13.2 Å². The predicted molar refractivity (Wildman–Crippen MR) is 111 cm³/mol. The normalized spacial score (nSPS) is 18.1. The van der Waals surface area contributed by atoms with Crippen LogP contribution in [0.4, 0.5) is 17.6 Å². The highest BCUT2D eigenvalue weighted by Gasteiger charge is 2.34. The van der Waals surface area contributed by atoms with Gasteiger partial charge >= 0.3 is 6.18 Å². The molecule has 1 saturated heterocycles. The maximum absolute atomic E-state index is 13.7. The summed E-state index contributed by atoms with van der Waals surface area (Å²) in [6, 6.07) is 4.64. The third-order valence-corrected chi connectivity index (χ3v) is 4.19. The van der Waals surface area contributed by atoms with E-state index in [1.54, 1.807) is 12.1 Å². The molecule has 1 atom stereocenters. The minimum absolute atomic E-state index is 0. The van der Waals surface area contributed by atoms with Crippen molar-refractivity contribution in [2.75, 3.05) is 33.3 Å². The van der Waals surface area contributed by atoms with Crippen LogP contribution in [0.2, 0.25) is 0 Å². The smallest absolute Gasteiger partial charge is 0.380 e. The number of alkyl halides is 3. The van der Waals surface area contributed by atoms with Crippen LogP contribution in [0.3, 0.4) is 0 Å². The summed E-state index contributed by atoms with van der Waals surface area (Å²) in [5.74, 6) is 0.208. The summed E-state index contributed by atoms with van der Waals surface area (Å²) in [5, 5.41) is 6.28. The van der Waals surface area contributed by atoms with Gasteiger partial charge in [-0.05, 0) is 31.0 Å². The van der Waals surface area contributed by atoms with Crippen molar-refractivity contribution >= 4 is 29.9 Å². The first kappa shape index (κ1) is 24.9. The molecule has 0 saturated carbocycles. The molecule has 2 N–H and O–H groups in total. The lowest BCUT2D eigenvalue weighted by atomic mass is 10.1. The Kier molecular flexibility index (Phi) is 10.5. The van der Waals surface area contributed by atoms with Gasteiger partial charge in [0.05, 0.1) is 19.7 Å². The fourth-order valence-electron chi connectivity index (χ4n) is 3.02. The third kappa shape index (κ3) is 8.48. The predicted octanol–water partition coefficient (Wildman–Crippen LogP) is 3.28. The van der Waals surface area contributed by atoms with Crippen molar-refractivity contribution < 1.29 is 22.3 Å². The quantitative estimate of drug-likeness (QED) is 0.252. The minimum atomic E-state index is -4.18. The van der Waals surface area contributed by atoms with E-state index in [0.717, 1.165) is 5.56 Å². The summed E-state index contributed by atoms with van der Waals surface area (Å²) in [5.41, 5.74) is 1.28. The van der Waals surface area contributed by atoms with Crippen LogP contribution in [-0.2, 0) is 17.9 Å². The van der Waals surface area contributed by atoms with Crippen LogP contribution in [0.25, 0.3) is 0 Å². The first-order valence-corrected chi connectivity index (χ1v) is 8.91. The molecule has 0 radical (unpaired) electrons. The molecule has 1 fully saturated rings. The second-order valence-electron chi connectivity index (χ2n) is 6.53. The van der Waals surface area contributed by atoms with Gasteiger partial charge < -0.3 is 15.4 Å². The third-order valence-electron chi connectivity index (χ3n) is 4.19. The number of hydrogen-bond acceptors (Lipinski definition) is 3. The number of nitrogens with zero attached hydrogens (tertiary/aromatic N) is 2. The van der Waals surface area contributed by atoms with E-state index >= 15 is 0 Å². The number of benzene rings is 1. The number of guanidine groups is 1. The Hall–Kier alpha value is -1.14. The summed E-state index contributed by atoms with van der Waals surface area (Å²) in [4.78, 5) is 5.86. The molecule has 0 aromatic heterocycles. The molecule has 2 rings (SSSR count). The number of rotatable bonds is 7. The van der Waals surface area contributed by atoms with Gasteiger partial charge in [0, 0.05) is 38.3 Å². The standard InChI is InChI=1S/C18H26F4N4O.HI/c1-3-23-17(25-15-6-7-26(10-15)12-18(20,21)22)24-9-13-4-5-16(19)14(8-13)11-27-2;/h4-5,8,15H,3,6-7,9-12H2,1-2H3,(H2,23,24,25);1H. The van der Waals surface area contributed by atoms with Gasteiger partial charge in [-0.15, -0.1) is 24.0 Å². The van der Waals surface area contributed by atoms with Crippen molar-refractivity contribution in [2.24, 2.45) is 4.99 Å². The van der Waals surface area contributed by atoms with Crippen molar-refractivity contribution in [3.63, 3.8) is 0 Å². The lowest BCUT2D eigenvalue weighted by molar-refractivity contribution is -0.143. The molecule has 0 bridgehead atoms. The fourth-order valence-corrected chi connectivity index (χ4v) is 3.02. The molecule has 1 unspecified atom stereocenters. The molecule has 1 aliphatic heterocycles. The van der Waals surface area contributed by atoms with Crippen molar-refractivity contribution in [3.05, 3.63) is 35.1 Å². The topological polar surface area (TPSA) is 48.9 Å². The Balaban J connectivity index is 0.00000392. The van der Waals surface area contributed by atoms with Gasteiger partial charge in [0.15, 0.2) is 5.96 Å². The maximum atomic E-state index is 13.7. The van der Waals surface area contributed by atoms with Gasteiger partial charge in [0.25, 0.3) is 0 Å². The second-order valence-corrected chi connectivity index (χ2v) is 6.53. The zero-order valence-electron chi connectivity index (χ0n) is 16.0. The van der Waals surface area contributed by atoms with Gasteiger partial charge in [-0.25, -0.2) is 9.38 Å². The number of methoxy groups -OCH3 is 1. The Bertz CT molecular complexity index is 643. The van der Waals surface area contributed by atoms with E-state index in [0.29, 0.717) is 44.1 Å². The number of aliphatic imine (C=N–C) groups is 1. The molecular weight excluding hydrogens is 491 g/mol. The van der Waals surface area contributed by atoms with Gasteiger partial charge in [-0.3, -0.25) is 4.90 Å².